The molecule has 0 spiro atoms. The number of hydrogen-bond acceptors (Lipinski definition) is 2. The lowest BCUT2D eigenvalue weighted by molar-refractivity contribution is 0.327. The Kier molecular flexibility index (Phi) is 3.81. The van der Waals surface area contributed by atoms with Crippen molar-refractivity contribution >= 4 is 10.8 Å². The number of rotatable bonds is 3. The first-order valence-electron chi connectivity index (χ1n) is 7.30. The zero-order chi connectivity index (χ0) is 13.1. The van der Waals surface area contributed by atoms with Gasteiger partial charge in [-0.1, -0.05) is 55.3 Å². The number of nitrogens with two attached hydrogens (primary N) is 1. The normalized spacial score (nSPS) is 23.6. The zero-order valence-electron chi connectivity index (χ0n) is 11.3. The van der Waals surface area contributed by atoms with Crippen LogP contribution in [-0.2, 0) is 6.54 Å². The molecule has 2 aromatic carbocycles. The van der Waals surface area contributed by atoms with Crippen LogP contribution in [0, 0.1) is 0 Å². The van der Waals surface area contributed by atoms with E-state index in [2.05, 4.69) is 47.8 Å². The molecule has 0 aliphatic heterocycles. The first kappa shape index (κ1) is 12.6. The van der Waals surface area contributed by atoms with Gasteiger partial charge >= 0.3 is 0 Å². The van der Waals surface area contributed by atoms with Crippen LogP contribution < -0.4 is 11.1 Å². The van der Waals surface area contributed by atoms with E-state index in [1.165, 1.54) is 35.6 Å². The summed E-state index contributed by atoms with van der Waals surface area (Å²) < 4.78 is 0. The average molecular weight is 254 g/mol. The van der Waals surface area contributed by atoms with Crippen molar-refractivity contribution in [1.29, 1.82) is 0 Å². The highest BCUT2D eigenvalue weighted by molar-refractivity contribution is 5.85. The summed E-state index contributed by atoms with van der Waals surface area (Å²) >= 11 is 0. The summed E-state index contributed by atoms with van der Waals surface area (Å²) in [6.07, 6.45) is 4.97. The Bertz CT molecular complexity index is 544. The van der Waals surface area contributed by atoms with E-state index in [-0.39, 0.29) is 0 Å². The molecule has 19 heavy (non-hydrogen) atoms. The second-order valence-electron chi connectivity index (χ2n) is 5.57. The second-order valence-corrected chi connectivity index (χ2v) is 5.57. The minimum Gasteiger partial charge on any atom is -0.326 e. The smallest absolute Gasteiger partial charge is 0.0222 e. The highest BCUT2D eigenvalue weighted by Gasteiger charge is 2.20. The molecule has 0 radical (unpaired) electrons. The molecular formula is C17H22N2. The molecule has 3 N–H and O–H groups in total. The van der Waals surface area contributed by atoms with Crippen molar-refractivity contribution in [3.8, 4) is 0 Å². The molecule has 2 aromatic rings. The van der Waals surface area contributed by atoms with Gasteiger partial charge in [0.1, 0.15) is 0 Å². The first-order valence-corrected chi connectivity index (χ1v) is 7.30. The van der Waals surface area contributed by atoms with Crippen LogP contribution in [0.25, 0.3) is 10.8 Å². The molecule has 2 nitrogen and oxygen atoms in total. The molecule has 2 atom stereocenters. The molecule has 1 aliphatic rings. The fraction of sp³-hybridized carbons (Fsp3) is 0.412. The van der Waals surface area contributed by atoms with Crippen molar-refractivity contribution in [2.45, 2.75) is 44.3 Å². The Labute approximate surface area is 115 Å². The largest absolute Gasteiger partial charge is 0.326 e. The van der Waals surface area contributed by atoms with E-state index < -0.39 is 0 Å². The van der Waals surface area contributed by atoms with Crippen molar-refractivity contribution in [3.63, 3.8) is 0 Å². The van der Waals surface area contributed by atoms with Crippen molar-refractivity contribution in [3.05, 3.63) is 48.0 Å². The van der Waals surface area contributed by atoms with E-state index >= 15 is 0 Å². The standard InChI is InChI=1S/C17H22N2/c18-16-10-3-4-11-17(16)19-12-14-8-5-7-13-6-1-2-9-15(13)14/h1-2,5-9,16-17,19H,3-4,10-12,18H2. The summed E-state index contributed by atoms with van der Waals surface area (Å²) in [5.41, 5.74) is 7.56. The van der Waals surface area contributed by atoms with Gasteiger partial charge in [0, 0.05) is 18.6 Å². The van der Waals surface area contributed by atoms with Crippen LogP contribution >= 0.6 is 0 Å². The van der Waals surface area contributed by atoms with Gasteiger partial charge in [0.05, 0.1) is 0 Å². The van der Waals surface area contributed by atoms with E-state index in [1.54, 1.807) is 0 Å². The Morgan fingerprint density at radius 1 is 1.00 bits per heavy atom. The monoisotopic (exact) mass is 254 g/mol. The van der Waals surface area contributed by atoms with Crippen molar-refractivity contribution < 1.29 is 0 Å². The van der Waals surface area contributed by atoms with E-state index in [4.69, 9.17) is 5.73 Å². The van der Waals surface area contributed by atoms with E-state index in [0.717, 1.165) is 13.0 Å². The Morgan fingerprint density at radius 3 is 2.68 bits per heavy atom. The highest BCUT2D eigenvalue weighted by atomic mass is 15.0. The number of fused-ring (bicyclic) bond motifs is 1. The fourth-order valence-corrected chi connectivity index (χ4v) is 3.10. The molecule has 2 unspecified atom stereocenters. The van der Waals surface area contributed by atoms with E-state index in [0.29, 0.717) is 12.1 Å². The number of hydrogen-bond donors (Lipinski definition) is 2. The van der Waals surface area contributed by atoms with Crippen LogP contribution in [0.2, 0.25) is 0 Å². The van der Waals surface area contributed by atoms with Crippen LogP contribution in [0.3, 0.4) is 0 Å². The number of nitrogens with one attached hydrogen (secondary N) is 1. The molecule has 0 saturated heterocycles. The van der Waals surface area contributed by atoms with Crippen LogP contribution in [-0.4, -0.2) is 12.1 Å². The van der Waals surface area contributed by atoms with Gasteiger partial charge in [-0.2, -0.15) is 0 Å². The third kappa shape index (κ3) is 2.80. The van der Waals surface area contributed by atoms with Gasteiger partial charge < -0.3 is 11.1 Å². The molecule has 100 valence electrons. The Balaban J connectivity index is 1.74. The maximum Gasteiger partial charge on any atom is 0.0222 e. The molecule has 1 fully saturated rings. The zero-order valence-corrected chi connectivity index (χ0v) is 11.3. The molecule has 3 rings (SSSR count). The predicted molar refractivity (Wildman–Crippen MR) is 81.0 cm³/mol. The quantitative estimate of drug-likeness (QED) is 0.882. The SMILES string of the molecule is NC1CCCCC1NCc1cccc2ccccc12. The Morgan fingerprint density at radius 2 is 1.79 bits per heavy atom. The molecular weight excluding hydrogens is 232 g/mol. The second kappa shape index (κ2) is 5.72. The van der Waals surface area contributed by atoms with Crippen molar-refractivity contribution in [2.75, 3.05) is 0 Å². The first-order chi connectivity index (χ1) is 9.34. The van der Waals surface area contributed by atoms with Gasteiger partial charge in [0.2, 0.25) is 0 Å². The maximum atomic E-state index is 6.19. The van der Waals surface area contributed by atoms with Crippen molar-refractivity contribution in [1.82, 2.24) is 5.32 Å². The van der Waals surface area contributed by atoms with Crippen LogP contribution in [0.4, 0.5) is 0 Å². The Hall–Kier alpha value is -1.38. The van der Waals surface area contributed by atoms with Crippen LogP contribution in [0.1, 0.15) is 31.2 Å². The maximum absolute atomic E-state index is 6.19. The van der Waals surface area contributed by atoms with E-state index in [1.807, 2.05) is 0 Å². The molecule has 1 aliphatic carbocycles. The summed E-state index contributed by atoms with van der Waals surface area (Å²) in [6, 6.07) is 15.9. The average Bonchev–Trinajstić information content (AvgIpc) is 2.46. The van der Waals surface area contributed by atoms with Crippen LogP contribution in [0.15, 0.2) is 42.5 Å². The van der Waals surface area contributed by atoms with Gasteiger partial charge in [-0.05, 0) is 29.2 Å². The lowest BCUT2D eigenvalue weighted by Gasteiger charge is -2.29. The highest BCUT2D eigenvalue weighted by Crippen LogP contribution is 2.20. The third-order valence-corrected chi connectivity index (χ3v) is 4.25. The predicted octanol–water partition coefficient (Wildman–Crippen LogP) is 3.20. The minimum absolute atomic E-state index is 0.323. The topological polar surface area (TPSA) is 38.0 Å². The fourth-order valence-electron chi connectivity index (χ4n) is 3.10. The summed E-state index contributed by atoms with van der Waals surface area (Å²) in [6.45, 7) is 0.916. The molecule has 2 heteroatoms. The van der Waals surface area contributed by atoms with Crippen molar-refractivity contribution in [2.24, 2.45) is 5.73 Å². The summed E-state index contributed by atoms with van der Waals surface area (Å²) in [4.78, 5) is 0. The van der Waals surface area contributed by atoms with E-state index in [9.17, 15) is 0 Å². The summed E-state index contributed by atoms with van der Waals surface area (Å²) in [5.74, 6) is 0. The lowest BCUT2D eigenvalue weighted by atomic mass is 9.91. The lowest BCUT2D eigenvalue weighted by Crippen LogP contribution is -2.46. The molecule has 0 bridgehead atoms. The molecule has 0 aromatic heterocycles. The number of benzene rings is 2. The van der Waals surface area contributed by atoms with Gasteiger partial charge in [-0.15, -0.1) is 0 Å². The minimum atomic E-state index is 0.323. The van der Waals surface area contributed by atoms with Gasteiger partial charge in [-0.25, -0.2) is 0 Å². The molecule has 0 heterocycles. The summed E-state index contributed by atoms with van der Waals surface area (Å²) in [5, 5.41) is 6.32. The summed E-state index contributed by atoms with van der Waals surface area (Å²) in [7, 11) is 0. The molecule has 1 saturated carbocycles. The third-order valence-electron chi connectivity index (χ3n) is 4.25. The van der Waals surface area contributed by atoms with Gasteiger partial charge in [0.15, 0.2) is 0 Å². The molecule has 0 amide bonds. The van der Waals surface area contributed by atoms with Gasteiger partial charge in [-0.3, -0.25) is 0 Å². The van der Waals surface area contributed by atoms with Crippen LogP contribution in [0.5, 0.6) is 0 Å². The van der Waals surface area contributed by atoms with Gasteiger partial charge in [0.25, 0.3) is 0 Å².